The fraction of sp³-hybridized carbons (Fsp3) is 0.733. The number of carbonyl (C=O) groups is 4. The van der Waals surface area contributed by atoms with Crippen LogP contribution in [-0.4, -0.2) is 65.2 Å². The summed E-state index contributed by atoms with van der Waals surface area (Å²) >= 11 is 0. The van der Waals surface area contributed by atoms with Crippen LogP contribution >= 0.6 is 0 Å². The van der Waals surface area contributed by atoms with Crippen LogP contribution in [-0.2, 0) is 33.4 Å². The molecule has 0 unspecified atom stereocenters. The van der Waals surface area contributed by atoms with Crippen LogP contribution in [0.2, 0.25) is 0 Å². The van der Waals surface area contributed by atoms with Crippen LogP contribution in [0.25, 0.3) is 0 Å². The Morgan fingerprint density at radius 1 is 0.960 bits per heavy atom. The van der Waals surface area contributed by atoms with Crippen molar-refractivity contribution in [2.24, 2.45) is 0 Å². The van der Waals surface area contributed by atoms with E-state index in [1.165, 1.54) is 0 Å². The van der Waals surface area contributed by atoms with E-state index in [0.29, 0.717) is 0 Å². The highest BCUT2D eigenvalue weighted by molar-refractivity contribution is 5.81. The fourth-order valence-electron chi connectivity index (χ4n) is 1.98. The molecule has 0 aromatic carbocycles. The molecule has 0 radical (unpaired) electrons. The van der Waals surface area contributed by atoms with Gasteiger partial charge in [0.15, 0.2) is 5.79 Å². The zero-order chi connectivity index (χ0) is 19.1. The van der Waals surface area contributed by atoms with Crippen molar-refractivity contribution in [3.8, 4) is 0 Å². The number of amides is 1. The molecule has 1 aliphatic rings. The third kappa shape index (κ3) is 7.94. The Balaban J connectivity index is 2.65. The summed E-state index contributed by atoms with van der Waals surface area (Å²) in [6, 6.07) is 0. The van der Waals surface area contributed by atoms with Crippen LogP contribution in [0.4, 0.5) is 0 Å². The first-order chi connectivity index (χ1) is 11.5. The fourth-order valence-corrected chi connectivity index (χ4v) is 1.98. The summed E-state index contributed by atoms with van der Waals surface area (Å²) in [5, 5.41) is 19.8. The van der Waals surface area contributed by atoms with E-state index >= 15 is 0 Å². The van der Waals surface area contributed by atoms with Gasteiger partial charge in [0.05, 0.1) is 32.5 Å². The number of hydrogen-bond donors (Lipinski definition) is 3. The molecule has 142 valence electrons. The van der Waals surface area contributed by atoms with Gasteiger partial charge in [-0.15, -0.1) is 0 Å². The molecular formula is C15H23NO9. The Bertz CT molecular complexity index is 519. The van der Waals surface area contributed by atoms with Gasteiger partial charge in [-0.05, 0) is 13.8 Å². The molecule has 0 aliphatic carbocycles. The number of ether oxygens (including phenoxy) is 3. The second-order valence-electron chi connectivity index (χ2n) is 6.25. The molecule has 10 heteroatoms. The van der Waals surface area contributed by atoms with Crippen LogP contribution in [0.5, 0.6) is 0 Å². The summed E-state index contributed by atoms with van der Waals surface area (Å²) in [6.45, 7) is 3.07. The van der Waals surface area contributed by atoms with Crippen molar-refractivity contribution >= 4 is 23.8 Å². The zero-order valence-electron chi connectivity index (χ0n) is 14.2. The van der Waals surface area contributed by atoms with Gasteiger partial charge in [-0.2, -0.15) is 0 Å². The maximum atomic E-state index is 11.9. The number of carbonyl (C=O) groups excluding carboxylic acids is 2. The van der Waals surface area contributed by atoms with Crippen LogP contribution < -0.4 is 5.32 Å². The maximum Gasteiger partial charge on any atom is 0.306 e. The van der Waals surface area contributed by atoms with Crippen molar-refractivity contribution in [1.82, 2.24) is 5.32 Å². The van der Waals surface area contributed by atoms with E-state index in [9.17, 15) is 19.2 Å². The van der Waals surface area contributed by atoms with Crippen molar-refractivity contribution in [3.05, 3.63) is 0 Å². The summed E-state index contributed by atoms with van der Waals surface area (Å²) in [7, 11) is 0. The molecule has 0 bridgehead atoms. The van der Waals surface area contributed by atoms with Crippen molar-refractivity contribution in [1.29, 1.82) is 0 Å². The highest BCUT2D eigenvalue weighted by Gasteiger charge is 2.42. The first-order valence-electron chi connectivity index (χ1n) is 7.72. The Morgan fingerprint density at radius 2 is 1.48 bits per heavy atom. The number of hydrogen-bond acceptors (Lipinski definition) is 7. The molecule has 10 nitrogen and oxygen atoms in total. The van der Waals surface area contributed by atoms with Gasteiger partial charge in [-0.3, -0.25) is 19.2 Å². The van der Waals surface area contributed by atoms with E-state index in [1.54, 1.807) is 13.8 Å². The van der Waals surface area contributed by atoms with Gasteiger partial charge in [0.25, 0.3) is 0 Å². The van der Waals surface area contributed by atoms with E-state index in [2.05, 4.69) is 5.32 Å². The van der Waals surface area contributed by atoms with Crippen LogP contribution in [0, 0.1) is 0 Å². The highest BCUT2D eigenvalue weighted by Crippen LogP contribution is 2.24. The van der Waals surface area contributed by atoms with E-state index in [0.717, 1.165) is 0 Å². The molecule has 1 aliphatic heterocycles. The molecule has 0 aromatic rings. The van der Waals surface area contributed by atoms with E-state index in [1.807, 2.05) is 0 Å². The van der Waals surface area contributed by atoms with Gasteiger partial charge in [0.1, 0.15) is 12.1 Å². The Morgan fingerprint density at radius 3 is 2.00 bits per heavy atom. The minimum Gasteiger partial charge on any atom is -0.481 e. The molecule has 1 saturated heterocycles. The van der Waals surface area contributed by atoms with E-state index in [4.69, 9.17) is 24.4 Å². The number of esters is 1. The number of carboxylic acids is 2. The second kappa shape index (κ2) is 8.77. The molecule has 1 heterocycles. The highest BCUT2D eigenvalue weighted by atomic mass is 16.7. The summed E-state index contributed by atoms with van der Waals surface area (Å²) < 4.78 is 16.0. The minimum absolute atomic E-state index is 0.00891. The standard InChI is InChI=1S/C15H23NO9/c1-14(2)24-8-15(9-25-14,16-10(17)3-4-11(18)19)7-23-13(22)6-5-12(20)21/h3-9H2,1-2H3,(H,16,17)(H,18,19)(H,20,21). The molecule has 0 saturated carbocycles. The molecule has 1 rings (SSSR count). The number of rotatable bonds is 9. The van der Waals surface area contributed by atoms with E-state index in [-0.39, 0.29) is 45.5 Å². The normalized spacial score (nSPS) is 18.2. The largest absolute Gasteiger partial charge is 0.481 e. The topological polar surface area (TPSA) is 148 Å². The average molecular weight is 361 g/mol. The lowest BCUT2D eigenvalue weighted by molar-refractivity contribution is -0.275. The molecule has 0 atom stereocenters. The minimum atomic E-state index is -1.16. The summed E-state index contributed by atoms with van der Waals surface area (Å²) in [5.41, 5.74) is -1.16. The number of carboxylic acid groups (broad SMARTS) is 2. The molecule has 1 fully saturated rings. The molecule has 1 amide bonds. The summed E-state index contributed by atoms with van der Waals surface area (Å²) in [6.07, 6.45) is -1.25. The molecule has 0 aromatic heterocycles. The van der Waals surface area contributed by atoms with Crippen LogP contribution in [0.1, 0.15) is 39.5 Å². The third-order valence-electron chi connectivity index (χ3n) is 3.42. The monoisotopic (exact) mass is 361 g/mol. The van der Waals surface area contributed by atoms with Gasteiger partial charge in [-0.1, -0.05) is 0 Å². The van der Waals surface area contributed by atoms with Crippen LogP contribution in [0.3, 0.4) is 0 Å². The molecule has 3 N–H and O–H groups in total. The SMILES string of the molecule is CC1(C)OCC(COC(=O)CCC(=O)O)(NC(=O)CCC(=O)O)CO1. The predicted octanol–water partition coefficient (Wildman–Crippen LogP) is -0.103. The Hall–Kier alpha value is -2.20. The maximum absolute atomic E-state index is 11.9. The van der Waals surface area contributed by atoms with Gasteiger partial charge in [-0.25, -0.2) is 0 Å². The van der Waals surface area contributed by atoms with Gasteiger partial charge in [0, 0.05) is 6.42 Å². The third-order valence-corrected chi connectivity index (χ3v) is 3.42. The van der Waals surface area contributed by atoms with Crippen molar-refractivity contribution in [2.75, 3.05) is 19.8 Å². The molecule has 0 spiro atoms. The molecular weight excluding hydrogens is 338 g/mol. The van der Waals surface area contributed by atoms with Gasteiger partial charge in [0.2, 0.25) is 5.91 Å². The lowest BCUT2D eigenvalue weighted by Gasteiger charge is -2.43. The van der Waals surface area contributed by atoms with Crippen molar-refractivity contribution in [3.63, 3.8) is 0 Å². The lowest BCUT2D eigenvalue weighted by atomic mass is 10.0. The Labute approximate surface area is 144 Å². The van der Waals surface area contributed by atoms with Gasteiger partial charge >= 0.3 is 17.9 Å². The first kappa shape index (κ1) is 20.8. The van der Waals surface area contributed by atoms with Crippen molar-refractivity contribution in [2.45, 2.75) is 50.9 Å². The summed E-state index contributed by atoms with van der Waals surface area (Å²) in [4.78, 5) is 44.6. The zero-order valence-corrected chi connectivity index (χ0v) is 14.2. The van der Waals surface area contributed by atoms with Crippen LogP contribution in [0.15, 0.2) is 0 Å². The Kier molecular flexibility index (Phi) is 7.31. The summed E-state index contributed by atoms with van der Waals surface area (Å²) in [5.74, 6) is -4.38. The second-order valence-corrected chi connectivity index (χ2v) is 6.25. The smallest absolute Gasteiger partial charge is 0.306 e. The predicted molar refractivity (Wildman–Crippen MR) is 81.6 cm³/mol. The average Bonchev–Trinajstić information content (AvgIpc) is 2.52. The first-order valence-corrected chi connectivity index (χ1v) is 7.72. The quantitative estimate of drug-likeness (QED) is 0.478. The molecule has 25 heavy (non-hydrogen) atoms. The van der Waals surface area contributed by atoms with Crippen molar-refractivity contribution < 1.29 is 43.6 Å². The van der Waals surface area contributed by atoms with Gasteiger partial charge < -0.3 is 29.7 Å². The number of nitrogens with one attached hydrogen (secondary N) is 1. The lowest BCUT2D eigenvalue weighted by Crippen LogP contribution is -2.63. The number of aliphatic carboxylic acids is 2. The van der Waals surface area contributed by atoms with E-state index < -0.39 is 35.1 Å².